The molecule has 5 heteroatoms. The predicted octanol–water partition coefficient (Wildman–Crippen LogP) is 2.13. The summed E-state index contributed by atoms with van der Waals surface area (Å²) in [5.41, 5.74) is 1.79. The molecule has 1 atom stereocenters. The number of ketones is 1. The summed E-state index contributed by atoms with van der Waals surface area (Å²) >= 11 is 0. The van der Waals surface area contributed by atoms with Gasteiger partial charge in [-0.2, -0.15) is 0 Å². The first-order valence-electron chi connectivity index (χ1n) is 6.55. The van der Waals surface area contributed by atoms with Crippen molar-refractivity contribution >= 4 is 11.7 Å². The standard InChI is InChI=1S/C14H22N2O3/c1-8(2)12(17)7-15-13(18)6-9(3)14-10(4)16-19-11(14)5/h8-9H,6-7H2,1-5H3,(H,15,18)/t9-/m1/s1. The summed E-state index contributed by atoms with van der Waals surface area (Å²) in [7, 11) is 0. The van der Waals surface area contributed by atoms with Gasteiger partial charge >= 0.3 is 0 Å². The van der Waals surface area contributed by atoms with Crippen LogP contribution in [0.4, 0.5) is 0 Å². The minimum absolute atomic E-state index is 0.0282. The van der Waals surface area contributed by atoms with Crippen molar-refractivity contribution in [3.63, 3.8) is 0 Å². The summed E-state index contributed by atoms with van der Waals surface area (Å²) in [4.78, 5) is 23.2. The molecular formula is C14H22N2O3. The monoisotopic (exact) mass is 266 g/mol. The normalized spacial score (nSPS) is 12.5. The molecule has 0 aromatic carbocycles. The molecular weight excluding hydrogens is 244 g/mol. The van der Waals surface area contributed by atoms with Crippen LogP contribution in [-0.4, -0.2) is 23.4 Å². The largest absolute Gasteiger partial charge is 0.361 e. The molecule has 0 aliphatic rings. The molecule has 1 aromatic rings. The molecule has 1 rings (SSSR count). The number of amides is 1. The number of aryl methyl sites for hydroxylation is 2. The molecule has 0 spiro atoms. The lowest BCUT2D eigenvalue weighted by Gasteiger charge is -2.11. The number of carbonyl (C=O) groups excluding carboxylic acids is 2. The van der Waals surface area contributed by atoms with E-state index >= 15 is 0 Å². The Morgan fingerprint density at radius 3 is 2.37 bits per heavy atom. The van der Waals surface area contributed by atoms with Gasteiger partial charge in [0.1, 0.15) is 5.76 Å². The van der Waals surface area contributed by atoms with Crippen LogP contribution in [-0.2, 0) is 9.59 Å². The van der Waals surface area contributed by atoms with Crippen LogP contribution in [0, 0.1) is 19.8 Å². The molecule has 5 nitrogen and oxygen atoms in total. The van der Waals surface area contributed by atoms with Crippen molar-refractivity contribution in [2.75, 3.05) is 6.54 Å². The summed E-state index contributed by atoms with van der Waals surface area (Å²) in [6.07, 6.45) is 0.328. The summed E-state index contributed by atoms with van der Waals surface area (Å²) in [6, 6.07) is 0. The fraction of sp³-hybridized carbons (Fsp3) is 0.643. The second-order valence-electron chi connectivity index (χ2n) is 5.24. The molecule has 0 aliphatic heterocycles. The maximum Gasteiger partial charge on any atom is 0.220 e. The van der Waals surface area contributed by atoms with E-state index in [-0.39, 0.29) is 30.1 Å². The van der Waals surface area contributed by atoms with E-state index in [2.05, 4.69) is 10.5 Å². The Morgan fingerprint density at radius 2 is 1.89 bits per heavy atom. The van der Waals surface area contributed by atoms with Gasteiger partial charge in [-0.05, 0) is 19.8 Å². The topological polar surface area (TPSA) is 72.2 Å². The Hall–Kier alpha value is -1.65. The molecule has 1 heterocycles. The summed E-state index contributed by atoms with van der Waals surface area (Å²) in [5.74, 6) is 0.636. The van der Waals surface area contributed by atoms with Crippen LogP contribution in [0.25, 0.3) is 0 Å². The first-order chi connectivity index (χ1) is 8.82. The molecule has 1 aromatic heterocycles. The van der Waals surface area contributed by atoms with Crippen LogP contribution in [0.1, 0.15) is 50.1 Å². The first kappa shape index (κ1) is 15.4. The van der Waals surface area contributed by atoms with E-state index in [0.29, 0.717) is 6.42 Å². The lowest BCUT2D eigenvalue weighted by molar-refractivity contribution is -0.126. The average Bonchev–Trinajstić information content (AvgIpc) is 2.65. The number of carbonyl (C=O) groups is 2. The summed E-state index contributed by atoms with van der Waals surface area (Å²) in [5, 5.41) is 6.54. The molecule has 1 N–H and O–H groups in total. The number of nitrogens with one attached hydrogen (secondary N) is 1. The van der Waals surface area contributed by atoms with Crippen LogP contribution in [0.3, 0.4) is 0 Å². The molecule has 0 fully saturated rings. The van der Waals surface area contributed by atoms with E-state index < -0.39 is 0 Å². The average molecular weight is 266 g/mol. The Bertz CT molecular complexity index is 444. The molecule has 0 unspecified atom stereocenters. The van der Waals surface area contributed by atoms with Gasteiger partial charge in [-0.3, -0.25) is 9.59 Å². The zero-order valence-corrected chi connectivity index (χ0v) is 12.2. The van der Waals surface area contributed by atoms with Gasteiger partial charge < -0.3 is 9.84 Å². The van der Waals surface area contributed by atoms with Gasteiger partial charge in [0.05, 0.1) is 12.2 Å². The molecule has 0 saturated heterocycles. The Balaban J connectivity index is 2.51. The van der Waals surface area contributed by atoms with Crippen LogP contribution < -0.4 is 5.32 Å². The number of nitrogens with zero attached hydrogens (tertiary/aromatic N) is 1. The number of rotatable bonds is 6. The van der Waals surface area contributed by atoms with Crippen molar-refractivity contribution in [1.29, 1.82) is 0 Å². The van der Waals surface area contributed by atoms with E-state index in [1.165, 1.54) is 0 Å². The van der Waals surface area contributed by atoms with Crippen LogP contribution in [0.2, 0.25) is 0 Å². The van der Waals surface area contributed by atoms with E-state index in [1.54, 1.807) is 0 Å². The number of hydrogen-bond acceptors (Lipinski definition) is 4. The van der Waals surface area contributed by atoms with Crippen molar-refractivity contribution < 1.29 is 14.1 Å². The number of hydrogen-bond donors (Lipinski definition) is 1. The maximum atomic E-state index is 11.8. The van der Waals surface area contributed by atoms with Crippen LogP contribution in [0.5, 0.6) is 0 Å². The van der Waals surface area contributed by atoms with Crippen molar-refractivity contribution in [2.24, 2.45) is 5.92 Å². The van der Waals surface area contributed by atoms with E-state index in [0.717, 1.165) is 17.0 Å². The highest BCUT2D eigenvalue weighted by Gasteiger charge is 2.19. The highest BCUT2D eigenvalue weighted by atomic mass is 16.5. The van der Waals surface area contributed by atoms with E-state index in [4.69, 9.17) is 4.52 Å². The zero-order chi connectivity index (χ0) is 14.6. The van der Waals surface area contributed by atoms with Gasteiger partial charge in [-0.25, -0.2) is 0 Å². The van der Waals surface area contributed by atoms with E-state index in [1.807, 2.05) is 34.6 Å². The molecule has 0 bridgehead atoms. The lowest BCUT2D eigenvalue weighted by atomic mass is 9.96. The third kappa shape index (κ3) is 4.19. The second-order valence-corrected chi connectivity index (χ2v) is 5.24. The van der Waals surface area contributed by atoms with Crippen molar-refractivity contribution in [3.05, 3.63) is 17.0 Å². The van der Waals surface area contributed by atoms with Gasteiger partial charge in [-0.15, -0.1) is 0 Å². The van der Waals surface area contributed by atoms with Gasteiger partial charge in [0, 0.05) is 17.9 Å². The summed E-state index contributed by atoms with van der Waals surface area (Å²) in [6.45, 7) is 9.40. The SMILES string of the molecule is Cc1noc(C)c1[C@H](C)CC(=O)NCC(=O)C(C)C. The quantitative estimate of drug-likeness (QED) is 0.856. The minimum atomic E-state index is -0.124. The third-order valence-electron chi connectivity index (χ3n) is 3.18. The minimum Gasteiger partial charge on any atom is -0.361 e. The molecule has 1 amide bonds. The van der Waals surface area contributed by atoms with Crippen LogP contribution >= 0.6 is 0 Å². The molecule has 0 saturated carbocycles. The molecule has 0 aliphatic carbocycles. The predicted molar refractivity (Wildman–Crippen MR) is 71.9 cm³/mol. The molecule has 19 heavy (non-hydrogen) atoms. The molecule has 106 valence electrons. The zero-order valence-electron chi connectivity index (χ0n) is 12.2. The molecule has 0 radical (unpaired) electrons. The Morgan fingerprint density at radius 1 is 1.26 bits per heavy atom. The Labute approximate surface area is 113 Å². The first-order valence-corrected chi connectivity index (χ1v) is 6.55. The van der Waals surface area contributed by atoms with Gasteiger partial charge in [0.15, 0.2) is 5.78 Å². The van der Waals surface area contributed by atoms with Crippen LogP contribution in [0.15, 0.2) is 4.52 Å². The highest BCUT2D eigenvalue weighted by molar-refractivity contribution is 5.87. The van der Waals surface area contributed by atoms with Gasteiger partial charge in [0.25, 0.3) is 0 Å². The lowest BCUT2D eigenvalue weighted by Crippen LogP contribution is -2.32. The van der Waals surface area contributed by atoms with Crippen molar-refractivity contribution in [3.8, 4) is 0 Å². The van der Waals surface area contributed by atoms with Gasteiger partial charge in [-0.1, -0.05) is 25.9 Å². The smallest absolute Gasteiger partial charge is 0.220 e. The second kappa shape index (κ2) is 6.50. The maximum absolute atomic E-state index is 11.8. The highest BCUT2D eigenvalue weighted by Crippen LogP contribution is 2.25. The van der Waals surface area contributed by atoms with E-state index in [9.17, 15) is 9.59 Å². The fourth-order valence-electron chi connectivity index (χ4n) is 2.04. The summed E-state index contributed by atoms with van der Waals surface area (Å²) < 4.78 is 5.09. The van der Waals surface area contributed by atoms with Crippen molar-refractivity contribution in [1.82, 2.24) is 10.5 Å². The number of Topliss-reactive ketones (excluding diaryl/α,β-unsaturated/α-hetero) is 1. The third-order valence-corrected chi connectivity index (χ3v) is 3.18. The fourth-order valence-corrected chi connectivity index (χ4v) is 2.04. The van der Waals surface area contributed by atoms with Crippen molar-refractivity contribution in [2.45, 2.75) is 47.0 Å². The Kier molecular flexibility index (Phi) is 5.27. The van der Waals surface area contributed by atoms with Gasteiger partial charge in [0.2, 0.25) is 5.91 Å². The number of aromatic nitrogens is 1.